The van der Waals surface area contributed by atoms with Gasteiger partial charge in [0.2, 0.25) is 0 Å². The van der Waals surface area contributed by atoms with Gasteiger partial charge in [-0.05, 0) is 18.9 Å². The first-order chi connectivity index (χ1) is 3.65. The lowest BCUT2D eigenvalue weighted by atomic mass is 9.90. The molecule has 1 aliphatic rings. The fourth-order valence-corrected chi connectivity index (χ4v) is 0.611. The van der Waals surface area contributed by atoms with Gasteiger partial charge < -0.3 is 4.74 Å². The van der Waals surface area contributed by atoms with Crippen molar-refractivity contribution in [2.24, 2.45) is 5.92 Å². The van der Waals surface area contributed by atoms with Crippen molar-refractivity contribution in [1.82, 2.24) is 0 Å². The third kappa shape index (κ3) is 0.623. The fourth-order valence-electron chi connectivity index (χ4n) is 0.611. The van der Waals surface area contributed by atoms with Gasteiger partial charge in [0.1, 0.15) is 5.60 Å². The summed E-state index contributed by atoms with van der Waals surface area (Å²) < 4.78 is 5.20. The van der Waals surface area contributed by atoms with Crippen LogP contribution in [0.15, 0.2) is 12.3 Å². The molecular weight excluding hydrogens is 100 g/mol. The van der Waals surface area contributed by atoms with Crippen LogP contribution in [0.3, 0.4) is 0 Å². The first kappa shape index (κ1) is 5.67. The summed E-state index contributed by atoms with van der Waals surface area (Å²) in [6.07, 6.45) is 3.84. The van der Waals surface area contributed by atoms with E-state index in [9.17, 15) is 0 Å². The van der Waals surface area contributed by atoms with Crippen LogP contribution >= 0.6 is 0 Å². The molecule has 0 aromatic rings. The zero-order valence-corrected chi connectivity index (χ0v) is 5.64. The highest BCUT2D eigenvalue weighted by atomic mass is 16.5. The summed E-state index contributed by atoms with van der Waals surface area (Å²) >= 11 is 0. The van der Waals surface area contributed by atoms with Crippen molar-refractivity contribution < 1.29 is 4.74 Å². The molecule has 1 heterocycles. The largest absolute Gasteiger partial charge is 0.491 e. The Morgan fingerprint density at radius 3 is 2.00 bits per heavy atom. The SMILES string of the molecule is CC(C)[C@]1(C)C=CO1. The van der Waals surface area contributed by atoms with E-state index in [0.29, 0.717) is 5.92 Å². The molecule has 0 saturated carbocycles. The third-order valence-electron chi connectivity index (χ3n) is 1.87. The first-order valence-electron chi connectivity index (χ1n) is 3.01. The Morgan fingerprint density at radius 2 is 2.00 bits per heavy atom. The molecule has 0 amide bonds. The molecule has 1 rings (SSSR count). The van der Waals surface area contributed by atoms with Crippen molar-refractivity contribution in [2.75, 3.05) is 0 Å². The van der Waals surface area contributed by atoms with E-state index in [0.717, 1.165) is 0 Å². The maximum atomic E-state index is 5.20. The molecule has 1 aliphatic heterocycles. The van der Waals surface area contributed by atoms with Gasteiger partial charge in [0.15, 0.2) is 0 Å². The third-order valence-corrected chi connectivity index (χ3v) is 1.87. The molecule has 1 heteroatoms. The molecule has 46 valence electrons. The Kier molecular flexibility index (Phi) is 1.07. The van der Waals surface area contributed by atoms with E-state index >= 15 is 0 Å². The molecule has 0 fully saturated rings. The molecule has 1 atom stereocenters. The van der Waals surface area contributed by atoms with Crippen LogP contribution in [0.2, 0.25) is 0 Å². The highest BCUT2D eigenvalue weighted by Gasteiger charge is 2.31. The quantitative estimate of drug-likeness (QED) is 0.503. The molecule has 0 saturated heterocycles. The molecule has 0 bridgehead atoms. The number of rotatable bonds is 1. The fraction of sp³-hybridized carbons (Fsp3) is 0.714. The van der Waals surface area contributed by atoms with E-state index in [1.54, 1.807) is 6.26 Å². The normalized spacial score (nSPS) is 34.5. The van der Waals surface area contributed by atoms with Crippen LogP contribution in [0.4, 0.5) is 0 Å². The number of hydrogen-bond donors (Lipinski definition) is 0. The van der Waals surface area contributed by atoms with E-state index in [1.807, 2.05) is 0 Å². The average Bonchev–Trinajstić information content (AvgIpc) is 1.60. The van der Waals surface area contributed by atoms with Crippen LogP contribution in [0.25, 0.3) is 0 Å². The van der Waals surface area contributed by atoms with Crippen LogP contribution in [-0.2, 0) is 4.74 Å². The smallest absolute Gasteiger partial charge is 0.129 e. The highest BCUT2D eigenvalue weighted by molar-refractivity contribution is 5.07. The van der Waals surface area contributed by atoms with Crippen molar-refractivity contribution in [2.45, 2.75) is 26.4 Å². The second-order valence-corrected chi connectivity index (χ2v) is 2.76. The minimum Gasteiger partial charge on any atom is -0.491 e. The second kappa shape index (κ2) is 1.51. The van der Waals surface area contributed by atoms with Crippen LogP contribution in [0.1, 0.15) is 20.8 Å². The van der Waals surface area contributed by atoms with Gasteiger partial charge in [0.05, 0.1) is 6.26 Å². The molecular formula is C7H12O. The highest BCUT2D eigenvalue weighted by Crippen LogP contribution is 2.29. The topological polar surface area (TPSA) is 9.23 Å². The molecule has 0 aromatic heterocycles. The summed E-state index contributed by atoms with van der Waals surface area (Å²) in [5.41, 5.74) is 0.0417. The Hall–Kier alpha value is -0.460. The minimum atomic E-state index is 0.0417. The van der Waals surface area contributed by atoms with Crippen molar-refractivity contribution in [3.63, 3.8) is 0 Å². The van der Waals surface area contributed by atoms with Gasteiger partial charge in [0, 0.05) is 0 Å². The maximum Gasteiger partial charge on any atom is 0.129 e. The van der Waals surface area contributed by atoms with Crippen molar-refractivity contribution >= 4 is 0 Å². The lowest BCUT2D eigenvalue weighted by molar-refractivity contribution is 0.000707. The Balaban J connectivity index is 2.56. The van der Waals surface area contributed by atoms with Gasteiger partial charge >= 0.3 is 0 Å². The average molecular weight is 112 g/mol. The summed E-state index contributed by atoms with van der Waals surface area (Å²) in [7, 11) is 0. The predicted molar refractivity (Wildman–Crippen MR) is 33.5 cm³/mol. The number of ether oxygens (including phenoxy) is 1. The molecule has 0 radical (unpaired) electrons. The first-order valence-corrected chi connectivity index (χ1v) is 3.01. The van der Waals surface area contributed by atoms with Gasteiger partial charge in [-0.2, -0.15) is 0 Å². The molecule has 8 heavy (non-hydrogen) atoms. The molecule has 1 nitrogen and oxygen atoms in total. The minimum absolute atomic E-state index is 0.0417. The van der Waals surface area contributed by atoms with E-state index in [4.69, 9.17) is 4.74 Å². The van der Waals surface area contributed by atoms with Crippen LogP contribution in [-0.4, -0.2) is 5.60 Å². The van der Waals surface area contributed by atoms with E-state index in [-0.39, 0.29) is 5.60 Å². The Labute approximate surface area is 50.3 Å². The van der Waals surface area contributed by atoms with E-state index in [2.05, 4.69) is 26.8 Å². The lowest BCUT2D eigenvalue weighted by Crippen LogP contribution is -2.36. The van der Waals surface area contributed by atoms with E-state index < -0.39 is 0 Å². The lowest BCUT2D eigenvalue weighted by Gasteiger charge is -2.35. The van der Waals surface area contributed by atoms with E-state index in [1.165, 1.54) is 0 Å². The predicted octanol–water partition coefficient (Wildman–Crippen LogP) is 1.95. The van der Waals surface area contributed by atoms with Crippen molar-refractivity contribution in [3.05, 3.63) is 12.3 Å². The van der Waals surface area contributed by atoms with Gasteiger partial charge in [-0.15, -0.1) is 0 Å². The van der Waals surface area contributed by atoms with Gasteiger partial charge in [0.25, 0.3) is 0 Å². The summed E-state index contributed by atoms with van der Waals surface area (Å²) in [5.74, 6) is 0.590. The Bertz CT molecular complexity index is 116. The number of hydrogen-bond acceptors (Lipinski definition) is 1. The zero-order chi connectivity index (χ0) is 6.20. The molecule has 0 spiro atoms. The van der Waals surface area contributed by atoms with Gasteiger partial charge in [-0.1, -0.05) is 13.8 Å². The van der Waals surface area contributed by atoms with Crippen LogP contribution < -0.4 is 0 Å². The monoisotopic (exact) mass is 112 g/mol. The summed E-state index contributed by atoms with van der Waals surface area (Å²) in [5, 5.41) is 0. The molecule has 0 N–H and O–H groups in total. The van der Waals surface area contributed by atoms with Gasteiger partial charge in [-0.25, -0.2) is 0 Å². The Morgan fingerprint density at radius 1 is 1.50 bits per heavy atom. The van der Waals surface area contributed by atoms with Crippen LogP contribution in [0, 0.1) is 5.92 Å². The molecule has 0 aromatic carbocycles. The zero-order valence-electron chi connectivity index (χ0n) is 5.64. The van der Waals surface area contributed by atoms with Crippen molar-refractivity contribution in [1.29, 1.82) is 0 Å². The molecule has 0 aliphatic carbocycles. The summed E-state index contributed by atoms with van der Waals surface area (Å²) in [6, 6.07) is 0. The second-order valence-electron chi connectivity index (χ2n) is 2.76. The van der Waals surface area contributed by atoms with Crippen molar-refractivity contribution in [3.8, 4) is 0 Å². The maximum absolute atomic E-state index is 5.20. The van der Waals surface area contributed by atoms with Crippen LogP contribution in [0.5, 0.6) is 0 Å². The van der Waals surface area contributed by atoms with Gasteiger partial charge in [-0.3, -0.25) is 0 Å². The summed E-state index contributed by atoms with van der Waals surface area (Å²) in [4.78, 5) is 0. The summed E-state index contributed by atoms with van der Waals surface area (Å²) in [6.45, 7) is 6.41. The molecule has 0 unspecified atom stereocenters. The standard InChI is InChI=1S/C7H12O/c1-6(2)7(3)4-5-8-7/h4-6H,1-3H3/t7-/m0/s1.